The first-order chi connectivity index (χ1) is 10.3. The van der Waals surface area contributed by atoms with Crippen molar-refractivity contribution in [2.45, 2.75) is 26.2 Å². The molecule has 0 saturated heterocycles. The highest BCUT2D eigenvalue weighted by Gasteiger charge is 2.19. The first kappa shape index (κ1) is 14.1. The molecule has 0 radical (unpaired) electrons. The molecule has 0 aromatic heterocycles. The summed E-state index contributed by atoms with van der Waals surface area (Å²) < 4.78 is 5.52. The van der Waals surface area contributed by atoms with Crippen LogP contribution in [0.1, 0.15) is 22.3 Å². The Morgan fingerprint density at radius 2 is 1.81 bits per heavy atom. The smallest absolute Gasteiger partial charge is 0.123 e. The number of rotatable bonds is 5. The van der Waals surface area contributed by atoms with Crippen LogP contribution in [0.25, 0.3) is 0 Å². The number of hydrogen-bond donors (Lipinski definition) is 1. The van der Waals surface area contributed by atoms with Gasteiger partial charge in [0.05, 0.1) is 7.11 Å². The molecule has 1 heterocycles. The van der Waals surface area contributed by atoms with Gasteiger partial charge in [0.15, 0.2) is 0 Å². The van der Waals surface area contributed by atoms with Gasteiger partial charge in [0, 0.05) is 31.7 Å². The lowest BCUT2D eigenvalue weighted by Crippen LogP contribution is -2.16. The van der Waals surface area contributed by atoms with Gasteiger partial charge in [-0.15, -0.1) is 0 Å². The topological polar surface area (TPSA) is 24.5 Å². The lowest BCUT2D eigenvalue weighted by atomic mass is 10.1. The molecular weight excluding hydrogens is 260 g/mol. The molecule has 2 aromatic carbocycles. The van der Waals surface area contributed by atoms with Crippen molar-refractivity contribution in [3.8, 4) is 5.75 Å². The van der Waals surface area contributed by atoms with Crippen molar-refractivity contribution in [1.29, 1.82) is 0 Å². The maximum absolute atomic E-state index is 5.52. The molecule has 0 amide bonds. The van der Waals surface area contributed by atoms with E-state index in [0.29, 0.717) is 0 Å². The van der Waals surface area contributed by atoms with Gasteiger partial charge in [-0.25, -0.2) is 0 Å². The van der Waals surface area contributed by atoms with Gasteiger partial charge in [-0.2, -0.15) is 0 Å². The van der Waals surface area contributed by atoms with E-state index in [0.717, 1.165) is 31.9 Å². The zero-order valence-corrected chi connectivity index (χ0v) is 12.7. The number of nitrogens with one attached hydrogen (secondary N) is 1. The molecule has 3 nitrogen and oxygen atoms in total. The predicted molar refractivity (Wildman–Crippen MR) is 85.2 cm³/mol. The molecule has 3 heteroatoms. The summed E-state index contributed by atoms with van der Waals surface area (Å²) in [5.41, 5.74) is 5.45. The fourth-order valence-corrected chi connectivity index (χ4v) is 3.03. The summed E-state index contributed by atoms with van der Waals surface area (Å²) in [4.78, 5) is 2.46. The Morgan fingerprint density at radius 1 is 1.10 bits per heavy atom. The summed E-state index contributed by atoms with van der Waals surface area (Å²) in [6.45, 7) is 3.86. The number of fused-ring (bicyclic) bond motifs is 1. The van der Waals surface area contributed by atoms with Gasteiger partial charge in [-0.3, -0.25) is 4.90 Å². The predicted octanol–water partition coefficient (Wildman–Crippen LogP) is 2.93. The molecule has 3 rings (SSSR count). The first-order valence-electron chi connectivity index (χ1n) is 7.39. The molecule has 0 saturated carbocycles. The third-order valence-corrected chi connectivity index (χ3v) is 4.03. The molecule has 0 aliphatic carbocycles. The molecule has 1 aliphatic rings. The van der Waals surface area contributed by atoms with Crippen LogP contribution in [-0.2, 0) is 26.2 Å². The molecule has 0 fully saturated rings. The second-order valence-electron chi connectivity index (χ2n) is 5.59. The largest absolute Gasteiger partial charge is 0.496 e. The fraction of sp³-hybridized carbons (Fsp3) is 0.333. The zero-order chi connectivity index (χ0) is 14.7. The van der Waals surface area contributed by atoms with E-state index in [1.54, 1.807) is 7.11 Å². The number of ether oxygens (including phenoxy) is 1. The molecule has 1 N–H and O–H groups in total. The molecule has 0 atom stereocenters. The van der Waals surface area contributed by atoms with Crippen LogP contribution in [0.3, 0.4) is 0 Å². The minimum Gasteiger partial charge on any atom is -0.496 e. The Morgan fingerprint density at radius 3 is 2.43 bits per heavy atom. The number of benzene rings is 2. The van der Waals surface area contributed by atoms with Crippen LogP contribution in [-0.4, -0.2) is 19.1 Å². The van der Waals surface area contributed by atoms with Crippen molar-refractivity contribution >= 4 is 0 Å². The van der Waals surface area contributed by atoms with Gasteiger partial charge in [0.25, 0.3) is 0 Å². The van der Waals surface area contributed by atoms with Gasteiger partial charge >= 0.3 is 0 Å². The first-order valence-corrected chi connectivity index (χ1v) is 7.39. The molecule has 0 unspecified atom stereocenters. The van der Waals surface area contributed by atoms with Crippen LogP contribution in [0, 0.1) is 0 Å². The second kappa shape index (κ2) is 6.29. The Labute approximate surface area is 126 Å². The van der Waals surface area contributed by atoms with Crippen molar-refractivity contribution in [3.05, 3.63) is 64.7 Å². The highest BCUT2D eigenvalue weighted by atomic mass is 16.5. The third-order valence-electron chi connectivity index (χ3n) is 4.03. The van der Waals surface area contributed by atoms with E-state index in [9.17, 15) is 0 Å². The number of nitrogens with zero attached hydrogens (tertiary/aromatic N) is 1. The van der Waals surface area contributed by atoms with Gasteiger partial charge in [0.2, 0.25) is 0 Å². The molecule has 110 valence electrons. The fourth-order valence-electron chi connectivity index (χ4n) is 3.03. The van der Waals surface area contributed by atoms with Gasteiger partial charge in [-0.1, -0.05) is 30.3 Å². The van der Waals surface area contributed by atoms with Crippen LogP contribution in [0.2, 0.25) is 0 Å². The summed E-state index contributed by atoms with van der Waals surface area (Å²) in [7, 11) is 3.72. The maximum atomic E-state index is 5.52. The summed E-state index contributed by atoms with van der Waals surface area (Å²) >= 11 is 0. The van der Waals surface area contributed by atoms with E-state index < -0.39 is 0 Å². The molecular formula is C18H22N2O. The number of methoxy groups -OCH3 is 1. The maximum Gasteiger partial charge on any atom is 0.123 e. The highest BCUT2D eigenvalue weighted by molar-refractivity contribution is 5.38. The Bertz CT molecular complexity index is 599. The normalized spacial score (nSPS) is 14.2. The minimum absolute atomic E-state index is 0.886. The summed E-state index contributed by atoms with van der Waals surface area (Å²) in [5.74, 6) is 0.978. The summed E-state index contributed by atoms with van der Waals surface area (Å²) in [5, 5.41) is 3.20. The summed E-state index contributed by atoms with van der Waals surface area (Å²) in [6, 6.07) is 15.1. The van der Waals surface area contributed by atoms with E-state index in [1.807, 2.05) is 7.05 Å². The SMILES string of the molecule is CNCc1ccc(OC)c(CN2Cc3ccccc3C2)c1. The van der Waals surface area contributed by atoms with Crippen molar-refractivity contribution in [2.24, 2.45) is 0 Å². The average molecular weight is 282 g/mol. The molecule has 0 bridgehead atoms. The lowest BCUT2D eigenvalue weighted by Gasteiger charge is -2.18. The van der Waals surface area contributed by atoms with Crippen molar-refractivity contribution < 1.29 is 4.74 Å². The van der Waals surface area contributed by atoms with Crippen LogP contribution in [0.4, 0.5) is 0 Å². The molecule has 21 heavy (non-hydrogen) atoms. The van der Waals surface area contributed by atoms with Crippen molar-refractivity contribution in [3.63, 3.8) is 0 Å². The highest BCUT2D eigenvalue weighted by Crippen LogP contribution is 2.27. The standard InChI is InChI=1S/C18H22N2O/c1-19-10-14-7-8-18(21-2)17(9-14)13-20-11-15-5-3-4-6-16(15)12-20/h3-9,19H,10-13H2,1-2H3. The van der Waals surface area contributed by atoms with E-state index in [2.05, 4.69) is 52.7 Å². The second-order valence-corrected chi connectivity index (χ2v) is 5.59. The van der Waals surface area contributed by atoms with Crippen LogP contribution in [0.5, 0.6) is 5.75 Å². The van der Waals surface area contributed by atoms with E-state index in [-0.39, 0.29) is 0 Å². The molecule has 2 aromatic rings. The third kappa shape index (κ3) is 3.09. The van der Waals surface area contributed by atoms with E-state index in [4.69, 9.17) is 4.74 Å². The number of hydrogen-bond acceptors (Lipinski definition) is 3. The Balaban J connectivity index is 1.77. The van der Waals surface area contributed by atoms with Crippen LogP contribution >= 0.6 is 0 Å². The Kier molecular flexibility index (Phi) is 4.23. The minimum atomic E-state index is 0.886. The molecule has 1 aliphatic heterocycles. The zero-order valence-electron chi connectivity index (χ0n) is 12.7. The average Bonchev–Trinajstić information content (AvgIpc) is 2.90. The quantitative estimate of drug-likeness (QED) is 0.912. The van der Waals surface area contributed by atoms with E-state index in [1.165, 1.54) is 22.3 Å². The van der Waals surface area contributed by atoms with Crippen LogP contribution < -0.4 is 10.1 Å². The van der Waals surface area contributed by atoms with Gasteiger partial charge in [0.1, 0.15) is 5.75 Å². The van der Waals surface area contributed by atoms with Crippen molar-refractivity contribution in [2.75, 3.05) is 14.2 Å². The lowest BCUT2D eigenvalue weighted by molar-refractivity contribution is 0.270. The van der Waals surface area contributed by atoms with Gasteiger partial charge < -0.3 is 10.1 Å². The van der Waals surface area contributed by atoms with Crippen molar-refractivity contribution in [1.82, 2.24) is 10.2 Å². The molecule has 0 spiro atoms. The van der Waals surface area contributed by atoms with Gasteiger partial charge in [-0.05, 0) is 35.9 Å². The van der Waals surface area contributed by atoms with Crippen LogP contribution in [0.15, 0.2) is 42.5 Å². The summed E-state index contributed by atoms with van der Waals surface area (Å²) in [6.07, 6.45) is 0. The van der Waals surface area contributed by atoms with E-state index >= 15 is 0 Å². The Hall–Kier alpha value is -1.84. The monoisotopic (exact) mass is 282 g/mol.